The van der Waals surface area contributed by atoms with Gasteiger partial charge in [0, 0.05) is 23.1 Å². The fourth-order valence-electron chi connectivity index (χ4n) is 3.85. The number of fused-ring (bicyclic) bond motifs is 5. The van der Waals surface area contributed by atoms with Gasteiger partial charge in [0.05, 0.1) is 16.3 Å². The molecule has 3 heterocycles. The molecule has 0 saturated heterocycles. The Hall–Kier alpha value is -5.02. The Morgan fingerprint density at radius 3 is 2.46 bits per heavy atom. The number of halogens is 4. The fourth-order valence-corrected chi connectivity index (χ4v) is 4.08. The van der Waals surface area contributed by atoms with Crippen LogP contribution in [-0.4, -0.2) is 43.6 Å². The molecule has 5 N–H and O–H groups in total. The van der Waals surface area contributed by atoms with Crippen molar-refractivity contribution in [1.82, 2.24) is 25.4 Å². The molecule has 4 aromatic rings. The highest BCUT2D eigenvalue weighted by molar-refractivity contribution is 6.31. The Labute approximate surface area is 234 Å². The first-order valence-corrected chi connectivity index (χ1v) is 12.1. The zero-order valence-electron chi connectivity index (χ0n) is 20.9. The summed E-state index contributed by atoms with van der Waals surface area (Å²) in [6.07, 6.45) is -3.39. The second-order valence-electron chi connectivity index (χ2n) is 8.70. The first kappa shape index (κ1) is 27.5. The van der Waals surface area contributed by atoms with E-state index in [9.17, 15) is 22.8 Å². The predicted molar refractivity (Wildman–Crippen MR) is 144 cm³/mol. The summed E-state index contributed by atoms with van der Waals surface area (Å²) < 4.78 is 39.5. The Balaban J connectivity index is 1.36. The Morgan fingerprint density at radius 2 is 1.73 bits per heavy atom. The van der Waals surface area contributed by atoms with Crippen molar-refractivity contribution < 1.29 is 27.9 Å². The molecule has 2 aromatic carbocycles. The van der Waals surface area contributed by atoms with Gasteiger partial charge in [0.1, 0.15) is 24.4 Å². The topological polar surface area (TPSA) is 157 Å². The van der Waals surface area contributed by atoms with Gasteiger partial charge in [0.25, 0.3) is 0 Å². The molecule has 0 aliphatic carbocycles. The van der Waals surface area contributed by atoms with Crippen molar-refractivity contribution >= 4 is 58.1 Å². The normalized spacial score (nSPS) is 12.0. The second-order valence-corrected chi connectivity index (χ2v) is 9.10. The smallest absolute Gasteiger partial charge is 0.417 e. The van der Waals surface area contributed by atoms with Gasteiger partial charge in [-0.2, -0.15) is 23.1 Å². The number of pyridine rings is 1. The van der Waals surface area contributed by atoms with Gasteiger partial charge in [0.15, 0.2) is 5.82 Å². The number of carbonyl (C=O) groups is 2. The van der Waals surface area contributed by atoms with Crippen LogP contribution in [0.15, 0.2) is 54.9 Å². The maximum Gasteiger partial charge on any atom is 0.417 e. The van der Waals surface area contributed by atoms with Crippen molar-refractivity contribution in [1.29, 1.82) is 0 Å². The van der Waals surface area contributed by atoms with Crippen molar-refractivity contribution in [2.45, 2.75) is 13.1 Å². The molecule has 0 unspecified atom stereocenters. The molecule has 1 aliphatic heterocycles. The van der Waals surface area contributed by atoms with Crippen LogP contribution in [0.2, 0.25) is 5.02 Å². The lowest BCUT2D eigenvalue weighted by atomic mass is 10.1. The molecule has 41 heavy (non-hydrogen) atoms. The molecule has 210 valence electrons. The SMILES string of the molecule is Cc1ccc(NC(=O)Nc2ccc(Cl)c(C(F)(F)F)c2)cc1Nc1cc2cc(n1)-c1ncnc(n1)N2NCC(=O)O. The minimum atomic E-state index is -4.68. The van der Waals surface area contributed by atoms with Crippen molar-refractivity contribution in [3.63, 3.8) is 0 Å². The summed E-state index contributed by atoms with van der Waals surface area (Å²) in [5, 5.41) is 18.2. The second kappa shape index (κ2) is 10.9. The largest absolute Gasteiger partial charge is 0.480 e. The monoisotopic (exact) mass is 585 g/mol. The summed E-state index contributed by atoms with van der Waals surface area (Å²) in [5.74, 6) is -0.269. The van der Waals surface area contributed by atoms with E-state index in [1.807, 2.05) is 6.92 Å². The summed E-state index contributed by atoms with van der Waals surface area (Å²) in [6.45, 7) is 1.42. The summed E-state index contributed by atoms with van der Waals surface area (Å²) in [5.41, 5.74) is 4.16. The molecule has 0 atom stereocenters. The maximum absolute atomic E-state index is 13.2. The van der Waals surface area contributed by atoms with E-state index in [1.165, 1.54) is 17.4 Å². The molecule has 4 bridgehead atoms. The molecule has 16 heteroatoms. The molecule has 1 aliphatic rings. The lowest BCUT2D eigenvalue weighted by molar-refractivity contribution is -0.137. The van der Waals surface area contributed by atoms with Crippen LogP contribution in [0.4, 0.5) is 52.5 Å². The summed E-state index contributed by atoms with van der Waals surface area (Å²) >= 11 is 5.64. The number of amides is 2. The van der Waals surface area contributed by atoms with Gasteiger partial charge in [0.2, 0.25) is 5.95 Å². The molecule has 12 nitrogen and oxygen atoms in total. The van der Waals surface area contributed by atoms with Gasteiger partial charge in [-0.3, -0.25) is 4.79 Å². The lowest BCUT2D eigenvalue weighted by Crippen LogP contribution is -2.38. The quantitative estimate of drug-likeness (QED) is 0.192. The summed E-state index contributed by atoms with van der Waals surface area (Å²) in [7, 11) is 0. The zero-order chi connectivity index (χ0) is 29.3. The minimum absolute atomic E-state index is 0.0924. The molecule has 0 saturated carbocycles. The van der Waals surface area contributed by atoms with E-state index >= 15 is 0 Å². The number of nitrogens with zero attached hydrogens (tertiary/aromatic N) is 5. The van der Waals surface area contributed by atoms with Crippen molar-refractivity contribution in [2.75, 3.05) is 27.5 Å². The first-order valence-electron chi connectivity index (χ1n) is 11.8. The third-order valence-corrected chi connectivity index (χ3v) is 6.06. The predicted octanol–water partition coefficient (Wildman–Crippen LogP) is 5.34. The fraction of sp³-hybridized carbons (Fsp3) is 0.120. The number of aromatic nitrogens is 4. The highest BCUT2D eigenvalue weighted by Crippen LogP contribution is 2.36. The lowest BCUT2D eigenvalue weighted by Gasteiger charge is -2.21. The number of rotatable bonds is 7. The average Bonchev–Trinajstić information content (AvgIpc) is 2.97. The third-order valence-electron chi connectivity index (χ3n) is 5.73. The van der Waals surface area contributed by atoms with Crippen LogP contribution in [0, 0.1) is 6.92 Å². The van der Waals surface area contributed by atoms with Crippen LogP contribution >= 0.6 is 11.6 Å². The molecule has 0 spiro atoms. The number of anilines is 6. The number of alkyl halides is 3. The number of aryl methyl sites for hydroxylation is 1. The number of carboxylic acid groups (broad SMARTS) is 1. The summed E-state index contributed by atoms with van der Waals surface area (Å²) in [6, 6.07) is 10.5. The number of carboxylic acids is 1. The van der Waals surface area contributed by atoms with Gasteiger partial charge in [-0.05, 0) is 48.9 Å². The first-order chi connectivity index (χ1) is 19.5. The number of aliphatic carboxylic acids is 1. The number of nitrogens with one attached hydrogen (secondary N) is 4. The van der Waals surface area contributed by atoms with Crippen LogP contribution in [0.25, 0.3) is 11.5 Å². The Kier molecular flexibility index (Phi) is 7.30. The van der Waals surface area contributed by atoms with Crippen molar-refractivity contribution in [3.05, 3.63) is 71.0 Å². The van der Waals surface area contributed by atoms with Gasteiger partial charge >= 0.3 is 18.2 Å². The highest BCUT2D eigenvalue weighted by atomic mass is 35.5. The molecule has 2 amide bonds. The van der Waals surface area contributed by atoms with Gasteiger partial charge in [-0.15, -0.1) is 0 Å². The number of hydrazine groups is 1. The number of urea groups is 1. The zero-order valence-corrected chi connectivity index (χ0v) is 21.7. The minimum Gasteiger partial charge on any atom is -0.480 e. The van der Waals surface area contributed by atoms with Crippen LogP contribution in [0.3, 0.4) is 0 Å². The molecule has 2 aromatic heterocycles. The standard InChI is InChI=1S/C25H19ClF3N9O3/c1-12-2-3-14(34-24(41)33-13-4-5-17(26)16(6-13)25(27,28)29)7-18(12)35-20-9-15-8-19(36-20)22-30-11-31-23(37-22)38(15)32-10-21(39)40/h2-9,11,32H,10H2,1H3,(H,35,36)(H,39,40)(H2,33,34,41). The molecular formula is C25H19ClF3N9O3. The number of carbonyl (C=O) groups excluding carboxylic acids is 1. The van der Waals surface area contributed by atoms with E-state index in [2.05, 4.69) is 41.3 Å². The molecule has 0 radical (unpaired) electrons. The van der Waals surface area contributed by atoms with E-state index < -0.39 is 35.3 Å². The molecular weight excluding hydrogens is 567 g/mol. The van der Waals surface area contributed by atoms with E-state index in [0.29, 0.717) is 28.6 Å². The maximum atomic E-state index is 13.2. The van der Waals surface area contributed by atoms with E-state index in [4.69, 9.17) is 16.7 Å². The Morgan fingerprint density at radius 1 is 1.00 bits per heavy atom. The van der Waals surface area contributed by atoms with Crippen molar-refractivity contribution in [3.8, 4) is 11.5 Å². The highest BCUT2D eigenvalue weighted by Gasteiger charge is 2.33. The van der Waals surface area contributed by atoms with Gasteiger partial charge in [-0.1, -0.05) is 17.7 Å². The van der Waals surface area contributed by atoms with Gasteiger partial charge in [-0.25, -0.2) is 25.2 Å². The van der Waals surface area contributed by atoms with Crippen LogP contribution < -0.4 is 26.4 Å². The van der Waals surface area contributed by atoms with Crippen molar-refractivity contribution in [2.24, 2.45) is 0 Å². The van der Waals surface area contributed by atoms with E-state index in [1.54, 1.807) is 30.3 Å². The average molecular weight is 586 g/mol. The van der Waals surface area contributed by atoms with Crippen LogP contribution in [-0.2, 0) is 11.0 Å². The number of benzene rings is 2. The molecule has 0 fully saturated rings. The number of hydrogen-bond acceptors (Lipinski definition) is 9. The van der Waals surface area contributed by atoms with Crippen LogP contribution in [0.5, 0.6) is 0 Å². The van der Waals surface area contributed by atoms with E-state index in [0.717, 1.165) is 17.7 Å². The van der Waals surface area contributed by atoms with E-state index in [-0.39, 0.29) is 17.5 Å². The summed E-state index contributed by atoms with van der Waals surface area (Å²) in [4.78, 5) is 40.8. The third kappa shape index (κ3) is 6.26. The molecule has 5 rings (SSSR count). The van der Waals surface area contributed by atoms with Crippen LogP contribution in [0.1, 0.15) is 11.1 Å². The van der Waals surface area contributed by atoms with Gasteiger partial charge < -0.3 is 21.1 Å². The number of hydrogen-bond donors (Lipinski definition) is 5. The Bertz CT molecular complexity index is 1670.